The summed E-state index contributed by atoms with van der Waals surface area (Å²) in [6, 6.07) is 0.772. The molecule has 0 aromatic rings. The Morgan fingerprint density at radius 1 is 1.20 bits per heavy atom. The molecule has 0 aromatic heterocycles. The van der Waals surface area contributed by atoms with Crippen molar-refractivity contribution >= 4 is 8.80 Å². The zero-order chi connectivity index (χ0) is 11.7. The van der Waals surface area contributed by atoms with E-state index in [1.807, 2.05) is 13.8 Å². The molecule has 1 unspecified atom stereocenters. The van der Waals surface area contributed by atoms with Crippen molar-refractivity contribution in [3.05, 3.63) is 11.4 Å². The molecule has 88 valence electrons. The van der Waals surface area contributed by atoms with Crippen molar-refractivity contribution in [2.45, 2.75) is 46.4 Å². The number of hydrogen-bond acceptors (Lipinski definition) is 3. The summed E-state index contributed by atoms with van der Waals surface area (Å²) >= 11 is 0. The third kappa shape index (κ3) is 5.28. The lowest BCUT2D eigenvalue weighted by Gasteiger charge is -2.27. The predicted molar refractivity (Wildman–Crippen MR) is 61.3 cm³/mol. The van der Waals surface area contributed by atoms with Gasteiger partial charge in [0, 0.05) is 26.2 Å². The second kappa shape index (κ2) is 7.82. The second-order valence-electron chi connectivity index (χ2n) is 3.15. The van der Waals surface area contributed by atoms with Crippen LogP contribution in [0.3, 0.4) is 0 Å². The first-order valence-electron chi connectivity index (χ1n) is 5.46. The summed E-state index contributed by atoms with van der Waals surface area (Å²) in [5, 5.41) is 0. The standard InChI is InChI=1S/C10H21NO3Si/c1-6-9-15(12-7-2,13-8-3)14-10(4)11-5/h10H,6-9H2,1-4H3. The first-order valence-corrected chi connectivity index (χ1v) is 7.39. The Morgan fingerprint density at radius 2 is 1.73 bits per heavy atom. The molecule has 0 rings (SSSR count). The molecule has 0 saturated carbocycles. The first-order chi connectivity index (χ1) is 7.14. The van der Waals surface area contributed by atoms with Gasteiger partial charge in [-0.25, -0.2) is 6.57 Å². The molecule has 0 heterocycles. The van der Waals surface area contributed by atoms with Gasteiger partial charge in [-0.05, 0) is 13.8 Å². The number of rotatable bonds is 8. The molecule has 0 fully saturated rings. The van der Waals surface area contributed by atoms with Gasteiger partial charge in [0.2, 0.25) is 0 Å². The first kappa shape index (κ1) is 14.6. The van der Waals surface area contributed by atoms with Crippen molar-refractivity contribution < 1.29 is 13.3 Å². The quantitative estimate of drug-likeness (QED) is 0.475. The predicted octanol–water partition coefficient (Wildman–Crippen LogP) is 2.69. The zero-order valence-electron chi connectivity index (χ0n) is 10.1. The van der Waals surface area contributed by atoms with Crippen LogP contribution in [0.25, 0.3) is 4.85 Å². The molecule has 0 saturated heterocycles. The highest BCUT2D eigenvalue weighted by molar-refractivity contribution is 6.60. The van der Waals surface area contributed by atoms with Gasteiger partial charge in [-0.3, -0.25) is 4.85 Å². The van der Waals surface area contributed by atoms with Crippen molar-refractivity contribution in [1.29, 1.82) is 0 Å². The van der Waals surface area contributed by atoms with Crippen LogP contribution in [-0.2, 0) is 13.3 Å². The topological polar surface area (TPSA) is 32.0 Å². The summed E-state index contributed by atoms with van der Waals surface area (Å²) in [5.74, 6) is 0. The van der Waals surface area contributed by atoms with E-state index in [4.69, 9.17) is 19.9 Å². The van der Waals surface area contributed by atoms with Gasteiger partial charge < -0.3 is 13.3 Å². The second-order valence-corrected chi connectivity index (χ2v) is 5.82. The van der Waals surface area contributed by atoms with Crippen LogP contribution in [-0.4, -0.2) is 28.2 Å². The average Bonchev–Trinajstić information content (AvgIpc) is 2.18. The molecule has 15 heavy (non-hydrogen) atoms. The molecule has 5 heteroatoms. The van der Waals surface area contributed by atoms with Gasteiger partial charge in [0.25, 0.3) is 0 Å². The van der Waals surface area contributed by atoms with E-state index in [0.717, 1.165) is 12.5 Å². The summed E-state index contributed by atoms with van der Waals surface area (Å²) in [6.07, 6.45) is 0.457. The molecule has 0 aliphatic rings. The third-order valence-corrected chi connectivity index (χ3v) is 5.09. The van der Waals surface area contributed by atoms with Gasteiger partial charge >= 0.3 is 15.0 Å². The lowest BCUT2D eigenvalue weighted by Crippen LogP contribution is -2.47. The fourth-order valence-electron chi connectivity index (χ4n) is 1.35. The molecular weight excluding hydrogens is 210 g/mol. The Kier molecular flexibility index (Phi) is 7.61. The van der Waals surface area contributed by atoms with E-state index in [-0.39, 0.29) is 0 Å². The lowest BCUT2D eigenvalue weighted by atomic mass is 10.6. The Bertz CT molecular complexity index is 188. The molecule has 0 amide bonds. The van der Waals surface area contributed by atoms with Gasteiger partial charge in [0.1, 0.15) is 0 Å². The monoisotopic (exact) mass is 231 g/mol. The fraction of sp³-hybridized carbons (Fsp3) is 0.900. The molecule has 0 aliphatic heterocycles. The minimum atomic E-state index is -2.59. The maximum Gasteiger partial charge on any atom is 0.506 e. The SMILES string of the molecule is [C-]#[N+]C(C)O[Si](CCC)(OCC)OCC. The largest absolute Gasteiger partial charge is 0.506 e. The molecule has 4 nitrogen and oxygen atoms in total. The highest BCUT2D eigenvalue weighted by atomic mass is 28.4. The van der Waals surface area contributed by atoms with Crippen LogP contribution < -0.4 is 0 Å². The molecular formula is C10H21NO3Si. The Balaban J connectivity index is 4.53. The van der Waals surface area contributed by atoms with Crippen molar-refractivity contribution in [2.24, 2.45) is 0 Å². The molecule has 1 atom stereocenters. The van der Waals surface area contributed by atoms with Gasteiger partial charge in [-0.2, -0.15) is 0 Å². The molecule has 0 spiro atoms. The summed E-state index contributed by atoms with van der Waals surface area (Å²) in [6.45, 7) is 15.7. The Hall–Kier alpha value is -0.413. The van der Waals surface area contributed by atoms with Crippen LogP contribution >= 0.6 is 0 Å². The molecule has 0 aliphatic carbocycles. The van der Waals surface area contributed by atoms with Gasteiger partial charge in [0.15, 0.2) is 0 Å². The van der Waals surface area contributed by atoms with Crippen LogP contribution in [0.4, 0.5) is 0 Å². The number of nitrogens with zero attached hydrogens (tertiary/aromatic N) is 1. The minimum Gasteiger partial charge on any atom is -0.374 e. The molecule has 0 radical (unpaired) electrons. The summed E-state index contributed by atoms with van der Waals surface area (Å²) in [5.41, 5.74) is 0. The molecule has 0 aromatic carbocycles. The fourth-order valence-corrected chi connectivity index (χ4v) is 4.04. The summed E-state index contributed by atoms with van der Waals surface area (Å²) < 4.78 is 16.9. The normalized spacial score (nSPS) is 13.5. The van der Waals surface area contributed by atoms with Crippen molar-refractivity contribution in [2.75, 3.05) is 13.2 Å². The van der Waals surface area contributed by atoms with Crippen LogP contribution in [0, 0.1) is 6.57 Å². The average molecular weight is 231 g/mol. The van der Waals surface area contributed by atoms with Crippen molar-refractivity contribution in [3.63, 3.8) is 0 Å². The van der Waals surface area contributed by atoms with E-state index >= 15 is 0 Å². The van der Waals surface area contributed by atoms with E-state index < -0.39 is 15.0 Å². The Morgan fingerprint density at radius 3 is 2.07 bits per heavy atom. The van der Waals surface area contributed by atoms with Crippen LogP contribution in [0.1, 0.15) is 34.1 Å². The maximum atomic E-state index is 6.90. The smallest absolute Gasteiger partial charge is 0.374 e. The van der Waals surface area contributed by atoms with Gasteiger partial charge in [0.05, 0.1) is 0 Å². The van der Waals surface area contributed by atoms with Crippen molar-refractivity contribution in [3.8, 4) is 0 Å². The summed E-state index contributed by atoms with van der Waals surface area (Å²) in [4.78, 5) is 3.32. The highest BCUT2D eigenvalue weighted by Gasteiger charge is 2.42. The van der Waals surface area contributed by atoms with E-state index in [9.17, 15) is 0 Å². The van der Waals surface area contributed by atoms with Gasteiger partial charge in [-0.1, -0.05) is 13.3 Å². The van der Waals surface area contributed by atoms with Crippen molar-refractivity contribution in [1.82, 2.24) is 0 Å². The maximum absolute atomic E-state index is 6.90. The molecule has 0 N–H and O–H groups in total. The van der Waals surface area contributed by atoms with E-state index in [1.54, 1.807) is 6.92 Å². The zero-order valence-corrected chi connectivity index (χ0v) is 11.1. The number of hydrogen-bond donors (Lipinski definition) is 0. The van der Waals surface area contributed by atoms with Crippen LogP contribution in [0.15, 0.2) is 0 Å². The lowest BCUT2D eigenvalue weighted by molar-refractivity contribution is 0.0515. The van der Waals surface area contributed by atoms with E-state index in [2.05, 4.69) is 11.8 Å². The van der Waals surface area contributed by atoms with E-state index in [1.165, 1.54) is 0 Å². The Labute approximate surface area is 93.7 Å². The van der Waals surface area contributed by atoms with Crippen LogP contribution in [0.5, 0.6) is 0 Å². The van der Waals surface area contributed by atoms with E-state index in [0.29, 0.717) is 13.2 Å². The molecule has 0 bridgehead atoms. The third-order valence-electron chi connectivity index (χ3n) is 1.82. The summed E-state index contributed by atoms with van der Waals surface area (Å²) in [7, 11) is -2.59. The van der Waals surface area contributed by atoms with Crippen LogP contribution in [0.2, 0.25) is 6.04 Å². The highest BCUT2D eigenvalue weighted by Crippen LogP contribution is 2.20. The minimum absolute atomic E-state index is 0.485. The van der Waals surface area contributed by atoms with Gasteiger partial charge in [-0.15, -0.1) is 0 Å².